The number of hydrogen-bond acceptors (Lipinski definition) is 7. The van der Waals surface area contributed by atoms with Gasteiger partial charge in [-0.05, 0) is 13.0 Å². The maximum Gasteiger partial charge on any atom is 0.240 e. The molecule has 3 heterocycles. The molecule has 3 rings (SSSR count). The van der Waals surface area contributed by atoms with E-state index < -0.39 is 10.0 Å². The maximum absolute atomic E-state index is 12.1. The Kier molecular flexibility index (Phi) is 4.38. The first kappa shape index (κ1) is 16.3. The van der Waals surface area contributed by atoms with Gasteiger partial charge in [0.05, 0.1) is 37.3 Å². The van der Waals surface area contributed by atoms with Crippen molar-refractivity contribution in [3.05, 3.63) is 17.5 Å². The van der Waals surface area contributed by atoms with Gasteiger partial charge in [0, 0.05) is 12.6 Å². The summed E-state index contributed by atoms with van der Waals surface area (Å²) in [4.78, 5) is 12.1. The number of hydrogen-bond donors (Lipinski definition) is 4. The molecular formula is C12H21N7O3S. The lowest BCUT2D eigenvalue weighted by atomic mass is 10.1. The maximum atomic E-state index is 12.1. The first-order valence-corrected chi connectivity index (χ1v) is 9.24. The number of carbonyl (C=O) groups excluding carboxylic acids is 1. The summed E-state index contributed by atoms with van der Waals surface area (Å²) < 4.78 is 26.5. The molecule has 2 aliphatic heterocycles. The van der Waals surface area contributed by atoms with Crippen LogP contribution in [0.4, 0.5) is 0 Å². The van der Waals surface area contributed by atoms with Crippen LogP contribution in [0.25, 0.3) is 0 Å². The van der Waals surface area contributed by atoms with Gasteiger partial charge in [0.1, 0.15) is 6.04 Å². The average molecular weight is 343 g/mol. The Hall–Kier alpha value is -1.53. The van der Waals surface area contributed by atoms with Gasteiger partial charge in [0.2, 0.25) is 15.9 Å². The fraction of sp³-hybridized carbons (Fsp3) is 0.667. The molecule has 0 spiro atoms. The summed E-state index contributed by atoms with van der Waals surface area (Å²) in [6.45, 7) is 3.45. The minimum Gasteiger partial charge on any atom is -0.349 e. The third-order valence-electron chi connectivity index (χ3n) is 4.04. The van der Waals surface area contributed by atoms with Crippen molar-refractivity contribution in [1.29, 1.82) is 0 Å². The van der Waals surface area contributed by atoms with Crippen LogP contribution < -0.4 is 21.7 Å². The highest BCUT2D eigenvalue weighted by Gasteiger charge is 2.29. The van der Waals surface area contributed by atoms with Crippen LogP contribution in [0.15, 0.2) is 6.07 Å². The number of aromatic nitrogens is 2. The number of nitrogens with one attached hydrogen (secondary N) is 4. The van der Waals surface area contributed by atoms with Crippen molar-refractivity contribution in [1.82, 2.24) is 35.8 Å². The second-order valence-corrected chi connectivity index (χ2v) is 7.83. The molecule has 23 heavy (non-hydrogen) atoms. The molecule has 0 radical (unpaired) electrons. The first-order chi connectivity index (χ1) is 10.8. The predicted molar refractivity (Wildman–Crippen MR) is 82.0 cm³/mol. The fourth-order valence-electron chi connectivity index (χ4n) is 2.69. The molecule has 2 atom stereocenters. The molecule has 1 saturated heterocycles. The lowest BCUT2D eigenvalue weighted by Crippen LogP contribution is -2.46. The smallest absolute Gasteiger partial charge is 0.240 e. The molecule has 4 N–H and O–H groups in total. The molecule has 2 unspecified atom stereocenters. The third-order valence-corrected chi connectivity index (χ3v) is 5.29. The summed E-state index contributed by atoms with van der Waals surface area (Å²) in [5.41, 5.74) is 10.0. The van der Waals surface area contributed by atoms with Gasteiger partial charge in [-0.2, -0.15) is 14.9 Å². The largest absolute Gasteiger partial charge is 0.349 e. The molecule has 1 fully saturated rings. The number of carbonyl (C=O) groups is 1. The van der Waals surface area contributed by atoms with E-state index in [2.05, 4.69) is 26.8 Å². The quantitative estimate of drug-likeness (QED) is 0.483. The molecule has 10 nitrogen and oxygen atoms in total. The van der Waals surface area contributed by atoms with Crippen molar-refractivity contribution in [3.8, 4) is 0 Å². The summed E-state index contributed by atoms with van der Waals surface area (Å²) in [5.74, 6) is -0.126. The lowest BCUT2D eigenvalue weighted by molar-refractivity contribution is -0.123. The van der Waals surface area contributed by atoms with E-state index >= 15 is 0 Å². The number of sulfonamides is 1. The normalized spacial score (nSPS) is 25.3. The van der Waals surface area contributed by atoms with Crippen LogP contribution in [-0.4, -0.2) is 53.3 Å². The van der Waals surface area contributed by atoms with Crippen molar-refractivity contribution in [2.24, 2.45) is 0 Å². The Balaban J connectivity index is 1.61. The molecular weight excluding hydrogens is 322 g/mol. The van der Waals surface area contributed by atoms with Crippen molar-refractivity contribution in [2.45, 2.75) is 38.6 Å². The second kappa shape index (κ2) is 6.17. The minimum atomic E-state index is -3.20. The minimum absolute atomic E-state index is 0.0199. The van der Waals surface area contributed by atoms with Gasteiger partial charge in [0.15, 0.2) is 0 Å². The Morgan fingerprint density at radius 2 is 2.22 bits per heavy atom. The monoisotopic (exact) mass is 343 g/mol. The van der Waals surface area contributed by atoms with Gasteiger partial charge in [-0.1, -0.05) is 0 Å². The van der Waals surface area contributed by atoms with Crippen LogP contribution in [-0.2, 0) is 34.5 Å². The summed E-state index contributed by atoms with van der Waals surface area (Å²) in [6, 6.07) is 1.46. The molecule has 1 aromatic rings. The van der Waals surface area contributed by atoms with E-state index in [0.29, 0.717) is 26.2 Å². The zero-order chi connectivity index (χ0) is 16.6. The summed E-state index contributed by atoms with van der Waals surface area (Å²) >= 11 is 0. The average Bonchev–Trinajstić information content (AvgIpc) is 3.08. The highest BCUT2D eigenvalue weighted by atomic mass is 32.2. The second-order valence-electron chi connectivity index (χ2n) is 5.84. The van der Waals surface area contributed by atoms with Crippen LogP contribution >= 0.6 is 0 Å². The van der Waals surface area contributed by atoms with Crippen molar-refractivity contribution >= 4 is 15.9 Å². The van der Waals surface area contributed by atoms with Gasteiger partial charge in [-0.25, -0.2) is 19.3 Å². The lowest BCUT2D eigenvalue weighted by Gasteiger charge is -2.25. The Morgan fingerprint density at radius 1 is 1.43 bits per heavy atom. The molecule has 1 amide bonds. The van der Waals surface area contributed by atoms with Crippen LogP contribution in [0.3, 0.4) is 0 Å². The van der Waals surface area contributed by atoms with E-state index in [9.17, 15) is 13.2 Å². The Morgan fingerprint density at radius 3 is 2.87 bits per heavy atom. The topological polar surface area (TPSA) is 120 Å². The van der Waals surface area contributed by atoms with Gasteiger partial charge >= 0.3 is 0 Å². The SMILES string of the molecule is CC1NNNC1C(=O)NCc1cc2n(n1)CCN(S(C)(=O)=O)C2. The van der Waals surface area contributed by atoms with E-state index in [4.69, 9.17) is 0 Å². The van der Waals surface area contributed by atoms with Crippen LogP contribution in [0.1, 0.15) is 18.3 Å². The first-order valence-electron chi connectivity index (χ1n) is 7.39. The van der Waals surface area contributed by atoms with Crippen molar-refractivity contribution < 1.29 is 13.2 Å². The van der Waals surface area contributed by atoms with Gasteiger partial charge < -0.3 is 5.32 Å². The Labute approximate surface area is 134 Å². The van der Waals surface area contributed by atoms with E-state index in [1.54, 1.807) is 4.68 Å². The molecule has 2 aliphatic rings. The number of hydrazine groups is 2. The predicted octanol–water partition coefficient (Wildman–Crippen LogP) is -2.36. The number of amides is 1. The molecule has 1 aromatic heterocycles. The molecule has 0 aromatic carbocycles. The van der Waals surface area contributed by atoms with Crippen LogP contribution in [0.2, 0.25) is 0 Å². The van der Waals surface area contributed by atoms with E-state index in [0.717, 1.165) is 11.4 Å². The van der Waals surface area contributed by atoms with E-state index in [1.807, 2.05) is 13.0 Å². The van der Waals surface area contributed by atoms with Gasteiger partial charge in [-0.3, -0.25) is 9.48 Å². The molecule has 0 bridgehead atoms. The number of fused-ring (bicyclic) bond motifs is 1. The van der Waals surface area contributed by atoms with Crippen LogP contribution in [0, 0.1) is 0 Å². The summed E-state index contributed by atoms with van der Waals surface area (Å²) in [7, 11) is -3.20. The zero-order valence-corrected chi connectivity index (χ0v) is 13.9. The van der Waals surface area contributed by atoms with Gasteiger partial charge in [-0.15, -0.1) is 0 Å². The zero-order valence-electron chi connectivity index (χ0n) is 13.0. The standard InChI is InChI=1S/C12H21N7O3S/c1-8-11(15-17-14-8)12(20)13-6-9-5-10-7-18(23(2,21)22)3-4-19(10)16-9/h5,8,11,14-15,17H,3-4,6-7H2,1-2H3,(H,13,20). The third kappa shape index (κ3) is 3.53. The Bertz CT molecular complexity index is 702. The molecule has 11 heteroatoms. The number of nitrogens with zero attached hydrogens (tertiary/aromatic N) is 3. The van der Waals surface area contributed by atoms with Gasteiger partial charge in [0.25, 0.3) is 0 Å². The summed E-state index contributed by atoms with van der Waals surface area (Å²) in [5, 5.41) is 7.25. The molecule has 0 saturated carbocycles. The highest BCUT2D eigenvalue weighted by molar-refractivity contribution is 7.88. The highest BCUT2D eigenvalue weighted by Crippen LogP contribution is 2.16. The van der Waals surface area contributed by atoms with Crippen molar-refractivity contribution in [3.63, 3.8) is 0 Å². The van der Waals surface area contributed by atoms with Crippen LogP contribution in [0.5, 0.6) is 0 Å². The molecule has 128 valence electrons. The molecule has 0 aliphatic carbocycles. The van der Waals surface area contributed by atoms with Crippen molar-refractivity contribution in [2.75, 3.05) is 12.8 Å². The fourth-order valence-corrected chi connectivity index (χ4v) is 3.47. The van der Waals surface area contributed by atoms with E-state index in [-0.39, 0.29) is 18.0 Å². The summed E-state index contributed by atoms with van der Waals surface area (Å²) in [6.07, 6.45) is 1.21. The van der Waals surface area contributed by atoms with E-state index in [1.165, 1.54) is 10.6 Å². The number of rotatable bonds is 4.